The lowest BCUT2D eigenvalue weighted by Gasteiger charge is -2.32. The van der Waals surface area contributed by atoms with Gasteiger partial charge < -0.3 is 20.3 Å². The van der Waals surface area contributed by atoms with Gasteiger partial charge in [-0.05, 0) is 49.6 Å². The fourth-order valence-electron chi connectivity index (χ4n) is 4.24. The molecule has 37 heavy (non-hydrogen) atoms. The van der Waals surface area contributed by atoms with Gasteiger partial charge in [0, 0.05) is 35.3 Å². The molecule has 3 aromatic rings. The summed E-state index contributed by atoms with van der Waals surface area (Å²) in [6.45, 7) is 1.76. The van der Waals surface area contributed by atoms with Gasteiger partial charge in [-0.2, -0.15) is 4.31 Å². The van der Waals surface area contributed by atoms with Crippen LogP contribution in [0.15, 0.2) is 53.4 Å². The number of thiophene rings is 1. The van der Waals surface area contributed by atoms with Gasteiger partial charge in [0.1, 0.15) is 10.6 Å². The molecule has 0 unspecified atom stereocenters. The average molecular weight is 565 g/mol. The van der Waals surface area contributed by atoms with Gasteiger partial charge in [-0.15, -0.1) is 11.3 Å². The van der Waals surface area contributed by atoms with Crippen LogP contribution in [0.3, 0.4) is 0 Å². The molecule has 2 aromatic carbocycles. The summed E-state index contributed by atoms with van der Waals surface area (Å²) in [5.41, 5.74) is 2.13. The van der Waals surface area contributed by atoms with E-state index in [1.807, 2.05) is 24.3 Å². The minimum absolute atomic E-state index is 0.0430. The Hall–Kier alpha value is -3.12. The molecule has 1 saturated heterocycles. The zero-order chi connectivity index (χ0) is 26.7. The molecule has 0 saturated carbocycles. The van der Waals surface area contributed by atoms with Crippen LogP contribution in [-0.2, 0) is 14.8 Å². The number of hydrogen-bond acceptors (Lipinski definition) is 7. The van der Waals surface area contributed by atoms with Crippen molar-refractivity contribution in [2.45, 2.75) is 30.7 Å². The number of carboxylic acid groups (broad SMARTS) is 2. The number of rotatable bonds is 9. The summed E-state index contributed by atoms with van der Waals surface area (Å²) in [6.07, 6.45) is 1.20. The second-order valence-electron chi connectivity index (χ2n) is 8.54. The molecule has 9 nitrogen and oxygen atoms in total. The zero-order valence-electron chi connectivity index (χ0n) is 19.8. The number of nitrogens with zero attached hydrogens (tertiary/aromatic N) is 1. The molecule has 0 atom stereocenters. The molecule has 1 aliphatic heterocycles. The van der Waals surface area contributed by atoms with Crippen LogP contribution in [0.1, 0.15) is 28.1 Å². The Morgan fingerprint density at radius 1 is 1.14 bits per heavy atom. The Bertz CT molecular complexity index is 1430. The highest BCUT2D eigenvalue weighted by atomic mass is 35.5. The monoisotopic (exact) mass is 564 g/mol. The summed E-state index contributed by atoms with van der Waals surface area (Å²) >= 11 is 7.14. The van der Waals surface area contributed by atoms with E-state index in [9.17, 15) is 23.1 Å². The van der Waals surface area contributed by atoms with E-state index in [-0.39, 0.29) is 26.6 Å². The van der Waals surface area contributed by atoms with Crippen LogP contribution in [0.2, 0.25) is 5.02 Å². The summed E-state index contributed by atoms with van der Waals surface area (Å²) in [5, 5.41) is 22.1. The molecule has 0 aliphatic carbocycles. The number of benzene rings is 2. The maximum atomic E-state index is 13.0. The lowest BCUT2D eigenvalue weighted by atomic mass is 10.0. The van der Waals surface area contributed by atoms with Gasteiger partial charge in [-0.3, -0.25) is 0 Å². The molecule has 4 rings (SSSR count). The van der Waals surface area contributed by atoms with Crippen LogP contribution in [0, 0.1) is 6.92 Å². The molecular weight excluding hydrogens is 540 g/mol. The van der Waals surface area contributed by atoms with Crippen molar-refractivity contribution in [1.29, 1.82) is 0 Å². The van der Waals surface area contributed by atoms with Crippen LogP contribution < -0.4 is 10.1 Å². The SMILES string of the molecule is Cc1c(-c2cccc(NC3CCN(S(=O)(=O)c4ccccc4Cl)CC3)c2)sc(C(=O)O)c1OCC(=O)O. The van der Waals surface area contributed by atoms with Crippen molar-refractivity contribution < 1.29 is 33.0 Å². The summed E-state index contributed by atoms with van der Waals surface area (Å²) in [5.74, 6) is -2.33. The molecule has 1 aromatic heterocycles. The minimum atomic E-state index is -3.68. The minimum Gasteiger partial charge on any atom is -0.480 e. The van der Waals surface area contributed by atoms with Crippen molar-refractivity contribution in [2.75, 3.05) is 25.0 Å². The fraction of sp³-hybridized carbons (Fsp3) is 0.280. The largest absolute Gasteiger partial charge is 0.480 e. The fourth-order valence-corrected chi connectivity index (χ4v) is 7.29. The number of piperidine rings is 1. The third kappa shape index (κ3) is 5.90. The Labute approximate surface area is 223 Å². The van der Waals surface area contributed by atoms with Crippen molar-refractivity contribution in [3.05, 3.63) is 64.0 Å². The number of hydrogen-bond donors (Lipinski definition) is 3. The van der Waals surface area contributed by atoms with Gasteiger partial charge in [-0.1, -0.05) is 35.9 Å². The van der Waals surface area contributed by atoms with Crippen molar-refractivity contribution >= 4 is 50.6 Å². The zero-order valence-corrected chi connectivity index (χ0v) is 22.2. The standard InChI is InChI=1S/C25H25ClN2O7S2/c1-15-22(35-14-21(29)30)24(25(31)32)36-23(15)16-5-4-6-18(13-16)27-17-9-11-28(12-10-17)37(33,34)20-8-3-2-7-19(20)26/h2-8,13,17,27H,9-12,14H2,1H3,(H,29,30)(H,31,32). The maximum absolute atomic E-state index is 13.0. The lowest BCUT2D eigenvalue weighted by molar-refractivity contribution is -0.139. The molecule has 3 N–H and O–H groups in total. The molecular formula is C25H25ClN2O7S2. The summed E-state index contributed by atoms with van der Waals surface area (Å²) in [7, 11) is -3.68. The van der Waals surface area contributed by atoms with Crippen molar-refractivity contribution in [2.24, 2.45) is 0 Å². The predicted molar refractivity (Wildman–Crippen MR) is 141 cm³/mol. The molecule has 0 bridgehead atoms. The normalized spacial score (nSPS) is 14.9. The smallest absolute Gasteiger partial charge is 0.349 e. The number of sulfonamides is 1. The number of ether oxygens (including phenoxy) is 1. The first kappa shape index (κ1) is 26.9. The molecule has 0 spiro atoms. The van der Waals surface area contributed by atoms with Crippen molar-refractivity contribution in [3.8, 4) is 16.2 Å². The Morgan fingerprint density at radius 3 is 2.49 bits per heavy atom. The highest BCUT2D eigenvalue weighted by Gasteiger charge is 2.31. The molecule has 0 radical (unpaired) electrons. The first-order valence-electron chi connectivity index (χ1n) is 11.4. The molecule has 196 valence electrons. The Morgan fingerprint density at radius 2 is 1.84 bits per heavy atom. The number of nitrogens with one attached hydrogen (secondary N) is 1. The second kappa shape index (κ2) is 11.1. The Balaban J connectivity index is 1.47. The van der Waals surface area contributed by atoms with E-state index >= 15 is 0 Å². The van der Waals surface area contributed by atoms with Gasteiger partial charge in [0.2, 0.25) is 10.0 Å². The van der Waals surface area contributed by atoms with Gasteiger partial charge in [0.05, 0.1) is 5.02 Å². The van der Waals surface area contributed by atoms with E-state index < -0.39 is 28.6 Å². The van der Waals surface area contributed by atoms with Crippen LogP contribution in [0.5, 0.6) is 5.75 Å². The Kier molecular flexibility index (Phi) is 8.08. The van der Waals surface area contributed by atoms with Crippen LogP contribution in [-0.4, -0.2) is 60.6 Å². The quantitative estimate of drug-likeness (QED) is 0.337. The number of aliphatic carboxylic acids is 1. The van der Waals surface area contributed by atoms with Gasteiger partial charge in [-0.25, -0.2) is 18.0 Å². The number of carboxylic acids is 2. The van der Waals surface area contributed by atoms with E-state index in [4.69, 9.17) is 21.4 Å². The summed E-state index contributed by atoms with van der Waals surface area (Å²) in [6, 6.07) is 13.9. The third-order valence-electron chi connectivity index (χ3n) is 6.03. The molecule has 1 fully saturated rings. The number of halogens is 1. The first-order chi connectivity index (χ1) is 17.6. The van der Waals surface area contributed by atoms with Gasteiger partial charge in [0.15, 0.2) is 11.5 Å². The van der Waals surface area contributed by atoms with Crippen LogP contribution in [0.25, 0.3) is 10.4 Å². The third-order valence-corrected chi connectivity index (χ3v) is 9.74. The van der Waals surface area contributed by atoms with Gasteiger partial charge >= 0.3 is 11.9 Å². The molecule has 1 aliphatic rings. The predicted octanol–water partition coefficient (Wildman–Crippen LogP) is 4.80. The average Bonchev–Trinajstić information content (AvgIpc) is 3.20. The van der Waals surface area contributed by atoms with Gasteiger partial charge in [0.25, 0.3) is 0 Å². The molecule has 2 heterocycles. The van der Waals surface area contributed by atoms with Crippen LogP contribution in [0.4, 0.5) is 5.69 Å². The number of aromatic carboxylic acids is 1. The number of anilines is 1. The van der Waals surface area contributed by atoms with E-state index in [1.54, 1.807) is 25.1 Å². The summed E-state index contributed by atoms with van der Waals surface area (Å²) < 4.78 is 32.7. The second-order valence-corrected chi connectivity index (χ2v) is 11.9. The highest BCUT2D eigenvalue weighted by molar-refractivity contribution is 7.89. The number of carbonyl (C=O) groups is 2. The van der Waals surface area contributed by atoms with Crippen LogP contribution >= 0.6 is 22.9 Å². The van der Waals surface area contributed by atoms with E-state index in [0.717, 1.165) is 22.6 Å². The maximum Gasteiger partial charge on any atom is 0.349 e. The van der Waals surface area contributed by atoms with E-state index in [2.05, 4.69) is 5.32 Å². The highest BCUT2D eigenvalue weighted by Crippen LogP contribution is 2.42. The van der Waals surface area contributed by atoms with E-state index in [0.29, 0.717) is 36.4 Å². The van der Waals surface area contributed by atoms with Crippen molar-refractivity contribution in [1.82, 2.24) is 4.31 Å². The first-order valence-corrected chi connectivity index (χ1v) is 14.0. The molecule has 12 heteroatoms. The summed E-state index contributed by atoms with van der Waals surface area (Å²) in [4.78, 5) is 23.4. The molecule has 0 amide bonds. The van der Waals surface area contributed by atoms with E-state index in [1.165, 1.54) is 10.4 Å². The topological polar surface area (TPSA) is 133 Å². The van der Waals surface area contributed by atoms with Crippen molar-refractivity contribution in [3.63, 3.8) is 0 Å². The lowest BCUT2D eigenvalue weighted by Crippen LogP contribution is -2.42.